The van der Waals surface area contributed by atoms with Crippen molar-refractivity contribution in [2.24, 2.45) is 23.7 Å². The van der Waals surface area contributed by atoms with E-state index in [1.165, 1.54) is 128 Å². The van der Waals surface area contributed by atoms with Gasteiger partial charge in [0.15, 0.2) is 0 Å². The van der Waals surface area contributed by atoms with Crippen molar-refractivity contribution in [3.8, 4) is 0 Å². The van der Waals surface area contributed by atoms with Crippen LogP contribution < -0.4 is 0 Å². The molecule has 2 aliphatic carbocycles. The quantitative estimate of drug-likeness (QED) is 0.0452. The lowest BCUT2D eigenvalue weighted by Gasteiger charge is -2.28. The maximum absolute atomic E-state index is 13.5. The Morgan fingerprint density at radius 2 is 0.742 bits per heavy atom. The van der Waals surface area contributed by atoms with Crippen LogP contribution in [0.1, 0.15) is 214 Å². The normalized spacial score (nSPS) is 19.9. The average Bonchev–Trinajstić information content (AvgIpc) is 3.30. The highest BCUT2D eigenvalue weighted by molar-refractivity contribution is 5.96. The summed E-state index contributed by atoms with van der Waals surface area (Å²) in [6, 6.07) is 14.3. The number of ether oxygens (including phenoxy) is 4. The van der Waals surface area contributed by atoms with Crippen molar-refractivity contribution in [3.63, 3.8) is 0 Å². The maximum Gasteiger partial charge on any atom is 0.352 e. The van der Waals surface area contributed by atoms with Crippen molar-refractivity contribution in [2.45, 2.75) is 207 Å². The molecule has 0 bridgehead atoms. The van der Waals surface area contributed by atoms with Gasteiger partial charge in [0, 0.05) is 0 Å². The second-order valence-electron chi connectivity index (χ2n) is 18.6. The van der Waals surface area contributed by atoms with E-state index in [9.17, 15) is 19.2 Å². The van der Waals surface area contributed by atoms with Crippen LogP contribution in [0.25, 0.3) is 0 Å². The van der Waals surface area contributed by atoms with Crippen molar-refractivity contribution < 1.29 is 38.1 Å². The molecule has 0 aliphatic heterocycles. The number of carbonyl (C=O) groups is 4. The molecule has 8 nitrogen and oxygen atoms in total. The Morgan fingerprint density at radius 3 is 1.03 bits per heavy atom. The number of rotatable bonds is 29. The Hall–Kier alpha value is -3.68. The van der Waals surface area contributed by atoms with E-state index in [1.807, 2.05) is 38.1 Å². The van der Waals surface area contributed by atoms with Gasteiger partial charge >= 0.3 is 23.9 Å². The van der Waals surface area contributed by atoms with Gasteiger partial charge in [0.05, 0.1) is 24.3 Å². The molecular weight excluding hydrogens is 777 g/mol. The van der Waals surface area contributed by atoms with Gasteiger partial charge in [-0.15, -0.1) is 0 Å². The SMILES string of the molecule is CCCCCC1CCC(CCCCc2ccc(C(=O)O[C@@H](C(=O)OCCC)[C@@H](OC(=O)c3ccc(CCCCC4CCC(CCCCC)CC4)cc3)C(=O)OCCC)cc2)CC1. The zero-order valence-electron chi connectivity index (χ0n) is 39.1. The standard InChI is InChI=1S/C54H82O8/c1-5-9-11-17-41-23-27-43(28-24-41)19-13-15-21-45-31-35-47(36-32-45)51(55)61-49(53(57)59-39-7-3)50(54(58)60-40-8-4)62-52(56)48-37-33-46(34-38-48)22-16-14-20-44-29-25-42(26-30-44)18-12-10-6-2/h31-38,41-44,49-50H,5-30,39-40H2,1-4H3/t41?,42?,43?,44?,49-,50-/m1/s1. The predicted octanol–water partition coefficient (Wildman–Crippen LogP) is 13.5. The number of hydrogen-bond donors (Lipinski definition) is 0. The molecular formula is C54H82O8. The lowest BCUT2D eigenvalue weighted by Crippen LogP contribution is -2.47. The first-order chi connectivity index (χ1) is 30.2. The Morgan fingerprint density at radius 1 is 0.435 bits per heavy atom. The Balaban J connectivity index is 1.28. The summed E-state index contributed by atoms with van der Waals surface area (Å²) < 4.78 is 22.1. The topological polar surface area (TPSA) is 105 Å². The van der Waals surface area contributed by atoms with Gasteiger partial charge < -0.3 is 18.9 Å². The summed E-state index contributed by atoms with van der Waals surface area (Å²) in [5.74, 6) is -0.0674. The molecule has 0 aromatic heterocycles. The lowest BCUT2D eigenvalue weighted by molar-refractivity contribution is -0.174. The Labute approximate surface area is 375 Å². The fourth-order valence-electron chi connectivity index (χ4n) is 9.53. The van der Waals surface area contributed by atoms with Crippen LogP contribution in [-0.4, -0.2) is 49.3 Å². The molecule has 0 unspecified atom stereocenters. The molecule has 346 valence electrons. The number of hydrogen-bond acceptors (Lipinski definition) is 8. The third kappa shape index (κ3) is 18.6. The van der Waals surface area contributed by atoms with E-state index in [1.54, 1.807) is 24.3 Å². The molecule has 0 amide bonds. The summed E-state index contributed by atoms with van der Waals surface area (Å²) in [7, 11) is 0. The van der Waals surface area contributed by atoms with Gasteiger partial charge in [0.25, 0.3) is 0 Å². The summed E-state index contributed by atoms with van der Waals surface area (Å²) in [4.78, 5) is 53.9. The first-order valence-electron chi connectivity index (χ1n) is 25.2. The number of carbonyl (C=O) groups excluding carboxylic acids is 4. The number of esters is 4. The van der Waals surface area contributed by atoms with Crippen molar-refractivity contribution >= 4 is 23.9 Å². The van der Waals surface area contributed by atoms with Gasteiger partial charge in [-0.25, -0.2) is 19.2 Å². The van der Waals surface area contributed by atoms with Gasteiger partial charge in [-0.2, -0.15) is 0 Å². The molecule has 2 aromatic rings. The minimum Gasteiger partial charge on any atom is -0.463 e. The highest BCUT2D eigenvalue weighted by Gasteiger charge is 2.43. The third-order valence-corrected chi connectivity index (χ3v) is 13.5. The lowest BCUT2D eigenvalue weighted by atomic mass is 9.78. The van der Waals surface area contributed by atoms with Crippen LogP contribution in [0.3, 0.4) is 0 Å². The second-order valence-corrected chi connectivity index (χ2v) is 18.6. The molecule has 0 heterocycles. The first-order valence-corrected chi connectivity index (χ1v) is 25.2. The smallest absolute Gasteiger partial charge is 0.352 e. The van der Waals surface area contributed by atoms with Crippen molar-refractivity contribution in [3.05, 3.63) is 70.8 Å². The highest BCUT2D eigenvalue weighted by atomic mass is 16.6. The van der Waals surface area contributed by atoms with Crippen LogP contribution in [-0.2, 0) is 41.4 Å². The molecule has 0 saturated heterocycles. The van der Waals surface area contributed by atoms with E-state index in [-0.39, 0.29) is 24.3 Å². The van der Waals surface area contributed by atoms with Crippen molar-refractivity contribution in [2.75, 3.05) is 13.2 Å². The zero-order valence-corrected chi connectivity index (χ0v) is 39.1. The van der Waals surface area contributed by atoms with Gasteiger partial charge in [-0.1, -0.05) is 180 Å². The number of benzene rings is 2. The molecule has 2 aromatic carbocycles. The zero-order chi connectivity index (χ0) is 44.4. The van der Waals surface area contributed by atoms with Gasteiger partial charge in [-0.3, -0.25) is 0 Å². The predicted molar refractivity (Wildman–Crippen MR) is 248 cm³/mol. The maximum atomic E-state index is 13.5. The van der Waals surface area contributed by atoms with Crippen LogP contribution >= 0.6 is 0 Å². The third-order valence-electron chi connectivity index (χ3n) is 13.5. The number of unbranched alkanes of at least 4 members (excludes halogenated alkanes) is 6. The van der Waals surface area contributed by atoms with Gasteiger partial charge in [-0.05, 0) is 97.6 Å². The minimum atomic E-state index is -1.86. The summed E-state index contributed by atoms with van der Waals surface area (Å²) in [5.41, 5.74) is 2.66. The molecule has 62 heavy (non-hydrogen) atoms. The fraction of sp³-hybridized carbons (Fsp3) is 0.704. The molecule has 0 N–H and O–H groups in total. The van der Waals surface area contributed by atoms with Crippen LogP contribution in [0.15, 0.2) is 48.5 Å². The molecule has 2 saturated carbocycles. The molecule has 2 aliphatic rings. The Kier molecular flexibility index (Phi) is 24.4. The van der Waals surface area contributed by atoms with Crippen LogP contribution in [0.5, 0.6) is 0 Å². The van der Waals surface area contributed by atoms with Crippen molar-refractivity contribution in [1.29, 1.82) is 0 Å². The van der Waals surface area contributed by atoms with Crippen LogP contribution in [0.2, 0.25) is 0 Å². The van der Waals surface area contributed by atoms with E-state index in [0.29, 0.717) is 12.8 Å². The molecule has 4 rings (SSSR count). The fourth-order valence-corrected chi connectivity index (χ4v) is 9.53. The summed E-state index contributed by atoms with van der Waals surface area (Å²) >= 11 is 0. The molecule has 8 heteroatoms. The van der Waals surface area contributed by atoms with E-state index >= 15 is 0 Å². The number of aryl methyl sites for hydroxylation is 2. The monoisotopic (exact) mass is 859 g/mol. The van der Waals surface area contributed by atoms with E-state index in [2.05, 4.69) is 13.8 Å². The first kappa shape index (κ1) is 51.0. The average molecular weight is 859 g/mol. The molecule has 2 fully saturated rings. The molecule has 2 atom stereocenters. The van der Waals surface area contributed by atoms with Gasteiger partial charge in [0.2, 0.25) is 12.2 Å². The largest absolute Gasteiger partial charge is 0.463 e. The van der Waals surface area contributed by atoms with E-state index < -0.39 is 36.1 Å². The summed E-state index contributed by atoms with van der Waals surface area (Å²) in [6.07, 6.45) is 28.1. The van der Waals surface area contributed by atoms with Crippen LogP contribution in [0, 0.1) is 23.7 Å². The van der Waals surface area contributed by atoms with Crippen molar-refractivity contribution in [1.82, 2.24) is 0 Å². The summed E-state index contributed by atoms with van der Waals surface area (Å²) in [5, 5.41) is 0. The molecule has 0 spiro atoms. The molecule has 0 radical (unpaired) electrons. The van der Waals surface area contributed by atoms with Crippen LogP contribution in [0.4, 0.5) is 0 Å². The highest BCUT2D eigenvalue weighted by Crippen LogP contribution is 2.36. The van der Waals surface area contributed by atoms with E-state index in [4.69, 9.17) is 18.9 Å². The van der Waals surface area contributed by atoms with E-state index in [0.717, 1.165) is 60.5 Å². The van der Waals surface area contributed by atoms with Gasteiger partial charge in [0.1, 0.15) is 0 Å². The summed E-state index contributed by atoms with van der Waals surface area (Å²) in [6.45, 7) is 8.28. The minimum absolute atomic E-state index is 0.0360. The second kappa shape index (κ2) is 29.6. The Bertz CT molecular complexity index is 1430.